The minimum atomic E-state index is -0.265. The number of furan rings is 1. The number of nitrogens with zero attached hydrogens (tertiary/aromatic N) is 2. The van der Waals surface area contributed by atoms with Crippen molar-refractivity contribution < 1.29 is 13.9 Å². The van der Waals surface area contributed by atoms with Crippen LogP contribution in [-0.4, -0.2) is 15.7 Å². The topological polar surface area (TPSA) is 69.3 Å². The Bertz CT molecular complexity index is 835. The summed E-state index contributed by atoms with van der Waals surface area (Å²) in [5.74, 6) is 1.40. The van der Waals surface area contributed by atoms with Gasteiger partial charge < -0.3 is 14.5 Å². The molecule has 0 unspecified atom stereocenters. The monoisotopic (exact) mass is 325 g/mol. The molecule has 0 saturated carbocycles. The van der Waals surface area contributed by atoms with Crippen molar-refractivity contribution >= 4 is 5.91 Å². The van der Waals surface area contributed by atoms with Crippen LogP contribution in [0.2, 0.25) is 0 Å². The molecule has 6 heteroatoms. The zero-order valence-corrected chi connectivity index (χ0v) is 13.7. The highest BCUT2D eigenvalue weighted by Crippen LogP contribution is 2.18. The van der Waals surface area contributed by atoms with Gasteiger partial charge in [0.1, 0.15) is 18.1 Å². The first-order chi connectivity index (χ1) is 11.6. The lowest BCUT2D eigenvalue weighted by Crippen LogP contribution is -2.23. The zero-order valence-electron chi connectivity index (χ0n) is 13.7. The lowest BCUT2D eigenvalue weighted by atomic mass is 10.2. The van der Waals surface area contributed by atoms with Crippen molar-refractivity contribution in [2.24, 2.45) is 7.05 Å². The molecule has 0 atom stereocenters. The summed E-state index contributed by atoms with van der Waals surface area (Å²) in [6.07, 6.45) is 1.69. The first kappa shape index (κ1) is 15.9. The molecule has 0 aliphatic carbocycles. The Morgan fingerprint density at radius 3 is 2.83 bits per heavy atom. The maximum atomic E-state index is 12.1. The number of hydrogen-bond acceptors (Lipinski definition) is 4. The van der Waals surface area contributed by atoms with E-state index in [1.807, 2.05) is 44.3 Å². The van der Waals surface area contributed by atoms with Crippen molar-refractivity contribution in [1.29, 1.82) is 0 Å². The van der Waals surface area contributed by atoms with Crippen molar-refractivity contribution in [2.75, 3.05) is 0 Å². The third-order valence-corrected chi connectivity index (χ3v) is 3.70. The molecule has 0 aliphatic rings. The molecule has 124 valence electrons. The Morgan fingerprint density at radius 2 is 2.08 bits per heavy atom. The van der Waals surface area contributed by atoms with Crippen LogP contribution >= 0.6 is 0 Å². The van der Waals surface area contributed by atoms with Crippen molar-refractivity contribution in [3.8, 4) is 5.75 Å². The SMILES string of the molecule is Cc1ccccc1OCc1ccc(C(=O)NCc2ccnn2C)o1. The molecule has 1 amide bonds. The number of aryl methyl sites for hydroxylation is 2. The fraction of sp³-hybridized carbons (Fsp3) is 0.222. The first-order valence-electron chi connectivity index (χ1n) is 7.65. The second kappa shape index (κ2) is 7.04. The van der Waals surface area contributed by atoms with Crippen LogP contribution in [0.4, 0.5) is 0 Å². The molecule has 1 aromatic carbocycles. The van der Waals surface area contributed by atoms with Gasteiger partial charge in [0.2, 0.25) is 0 Å². The maximum absolute atomic E-state index is 12.1. The highest BCUT2D eigenvalue weighted by atomic mass is 16.5. The third-order valence-electron chi connectivity index (χ3n) is 3.70. The number of benzene rings is 1. The molecular formula is C18H19N3O3. The summed E-state index contributed by atoms with van der Waals surface area (Å²) in [5, 5.41) is 6.86. The van der Waals surface area contributed by atoms with Gasteiger partial charge in [-0.2, -0.15) is 5.10 Å². The van der Waals surface area contributed by atoms with Gasteiger partial charge in [0.15, 0.2) is 5.76 Å². The van der Waals surface area contributed by atoms with E-state index in [9.17, 15) is 4.79 Å². The minimum absolute atomic E-state index is 0.264. The largest absolute Gasteiger partial charge is 0.485 e. The normalized spacial score (nSPS) is 10.6. The average molecular weight is 325 g/mol. The molecule has 0 spiro atoms. The molecule has 0 aliphatic heterocycles. The predicted octanol–water partition coefficient (Wildman–Crippen LogP) is 2.83. The fourth-order valence-electron chi connectivity index (χ4n) is 2.28. The molecule has 0 radical (unpaired) electrons. The molecular weight excluding hydrogens is 306 g/mol. The lowest BCUT2D eigenvalue weighted by Gasteiger charge is -2.07. The molecule has 0 saturated heterocycles. The second-order valence-electron chi connectivity index (χ2n) is 5.45. The van der Waals surface area contributed by atoms with Gasteiger partial charge in [0.25, 0.3) is 5.91 Å². The molecule has 24 heavy (non-hydrogen) atoms. The van der Waals surface area contributed by atoms with Crippen LogP contribution in [0.1, 0.15) is 27.6 Å². The van der Waals surface area contributed by atoms with Crippen LogP contribution in [0.3, 0.4) is 0 Å². The third kappa shape index (κ3) is 3.65. The Hall–Kier alpha value is -3.02. The smallest absolute Gasteiger partial charge is 0.287 e. The summed E-state index contributed by atoms with van der Waals surface area (Å²) in [6, 6.07) is 13.0. The van der Waals surface area contributed by atoms with Crippen molar-refractivity contribution in [2.45, 2.75) is 20.1 Å². The molecule has 3 aromatic rings. The Labute approximate surface area is 140 Å². The van der Waals surface area contributed by atoms with Crippen molar-refractivity contribution in [3.05, 3.63) is 71.4 Å². The van der Waals surface area contributed by atoms with Crippen molar-refractivity contribution in [3.63, 3.8) is 0 Å². The van der Waals surface area contributed by atoms with E-state index in [0.29, 0.717) is 12.3 Å². The number of rotatable bonds is 6. The summed E-state index contributed by atoms with van der Waals surface area (Å²) < 4.78 is 13.0. The molecule has 2 aromatic heterocycles. The molecule has 2 heterocycles. The van der Waals surface area contributed by atoms with Crippen LogP contribution in [0.15, 0.2) is 53.1 Å². The molecule has 0 fully saturated rings. The van der Waals surface area contributed by atoms with Gasteiger partial charge in [-0.1, -0.05) is 18.2 Å². The Morgan fingerprint density at radius 1 is 1.25 bits per heavy atom. The van der Waals surface area contributed by atoms with Gasteiger partial charge in [-0.05, 0) is 36.8 Å². The molecule has 1 N–H and O–H groups in total. The predicted molar refractivity (Wildman–Crippen MR) is 88.6 cm³/mol. The van der Waals surface area contributed by atoms with Crippen LogP contribution in [0.25, 0.3) is 0 Å². The van der Waals surface area contributed by atoms with E-state index in [1.54, 1.807) is 23.0 Å². The fourth-order valence-corrected chi connectivity index (χ4v) is 2.28. The first-order valence-corrected chi connectivity index (χ1v) is 7.65. The Balaban J connectivity index is 1.56. The van der Waals surface area contributed by atoms with Crippen LogP contribution in [0.5, 0.6) is 5.75 Å². The minimum Gasteiger partial charge on any atom is -0.485 e. The number of carbonyl (C=O) groups excluding carboxylic acids is 1. The summed E-state index contributed by atoms with van der Waals surface area (Å²) in [6.45, 7) is 2.65. The Kier molecular flexibility index (Phi) is 4.65. The van der Waals surface area contributed by atoms with E-state index in [1.165, 1.54) is 0 Å². The van der Waals surface area contributed by atoms with Gasteiger partial charge in [0, 0.05) is 13.2 Å². The number of para-hydroxylation sites is 1. The van der Waals surface area contributed by atoms with Gasteiger partial charge >= 0.3 is 0 Å². The molecule has 0 bridgehead atoms. The quantitative estimate of drug-likeness (QED) is 0.756. The average Bonchev–Trinajstić information content (AvgIpc) is 3.21. The maximum Gasteiger partial charge on any atom is 0.287 e. The summed E-state index contributed by atoms with van der Waals surface area (Å²) >= 11 is 0. The highest BCUT2D eigenvalue weighted by molar-refractivity contribution is 5.91. The zero-order chi connectivity index (χ0) is 16.9. The summed E-state index contributed by atoms with van der Waals surface area (Å²) in [5.41, 5.74) is 1.97. The van der Waals surface area contributed by atoms with E-state index < -0.39 is 0 Å². The van der Waals surface area contributed by atoms with Gasteiger partial charge in [0.05, 0.1) is 12.2 Å². The number of amides is 1. The lowest BCUT2D eigenvalue weighted by molar-refractivity contribution is 0.0918. The van der Waals surface area contributed by atoms with Crippen LogP contribution in [-0.2, 0) is 20.2 Å². The summed E-state index contributed by atoms with van der Waals surface area (Å²) in [4.78, 5) is 12.1. The number of carbonyl (C=O) groups is 1. The van der Waals surface area contributed by atoms with E-state index >= 15 is 0 Å². The van der Waals surface area contributed by atoms with E-state index in [0.717, 1.165) is 17.0 Å². The second-order valence-corrected chi connectivity index (χ2v) is 5.45. The molecule has 3 rings (SSSR count). The highest BCUT2D eigenvalue weighted by Gasteiger charge is 2.12. The van der Waals surface area contributed by atoms with E-state index in [4.69, 9.17) is 9.15 Å². The van der Waals surface area contributed by atoms with E-state index in [-0.39, 0.29) is 18.3 Å². The van der Waals surface area contributed by atoms with E-state index in [2.05, 4.69) is 10.4 Å². The van der Waals surface area contributed by atoms with Crippen LogP contribution < -0.4 is 10.1 Å². The van der Waals surface area contributed by atoms with Crippen LogP contribution in [0, 0.1) is 6.92 Å². The number of nitrogens with one attached hydrogen (secondary N) is 1. The standard InChI is InChI=1S/C18H19N3O3/c1-13-5-3-4-6-16(13)23-12-15-7-8-17(24-15)18(22)19-11-14-9-10-20-21(14)2/h3-10H,11-12H2,1-2H3,(H,19,22). The van der Waals surface area contributed by atoms with Gasteiger partial charge in [-0.25, -0.2) is 0 Å². The summed E-state index contributed by atoms with van der Waals surface area (Å²) in [7, 11) is 1.83. The van der Waals surface area contributed by atoms with Gasteiger partial charge in [-0.3, -0.25) is 9.48 Å². The van der Waals surface area contributed by atoms with Crippen molar-refractivity contribution in [1.82, 2.24) is 15.1 Å². The number of aromatic nitrogens is 2. The number of hydrogen-bond donors (Lipinski definition) is 1. The van der Waals surface area contributed by atoms with Gasteiger partial charge in [-0.15, -0.1) is 0 Å². The molecule has 6 nitrogen and oxygen atoms in total. The number of ether oxygens (including phenoxy) is 1.